The highest BCUT2D eigenvalue weighted by atomic mass is 35.5. The molecule has 0 amide bonds. The molecule has 0 unspecified atom stereocenters. The van der Waals surface area contributed by atoms with E-state index in [1.54, 1.807) is 36.4 Å². The van der Waals surface area contributed by atoms with Gasteiger partial charge in [-0.2, -0.15) is 5.26 Å². The van der Waals surface area contributed by atoms with E-state index in [0.717, 1.165) is 11.3 Å². The highest BCUT2D eigenvalue weighted by molar-refractivity contribution is 6.30. The van der Waals surface area contributed by atoms with Crippen molar-refractivity contribution in [3.05, 3.63) is 58.9 Å². The minimum Gasteiger partial charge on any atom is -0.353 e. The molecule has 0 saturated carbocycles. The van der Waals surface area contributed by atoms with E-state index in [1.165, 1.54) is 6.07 Å². The number of halogens is 2. The maximum absolute atomic E-state index is 13.6. The fraction of sp³-hybridized carbons (Fsp3) is 0.0714. The van der Waals surface area contributed by atoms with Crippen LogP contribution in [0, 0.1) is 17.1 Å². The Morgan fingerprint density at radius 2 is 1.89 bits per heavy atom. The van der Waals surface area contributed by atoms with Crippen LogP contribution in [0.1, 0.15) is 5.56 Å². The van der Waals surface area contributed by atoms with E-state index in [-0.39, 0.29) is 12.2 Å². The van der Waals surface area contributed by atoms with Gasteiger partial charge in [0.2, 0.25) is 0 Å². The molecule has 0 heterocycles. The predicted octanol–water partition coefficient (Wildman–Crippen LogP) is 4.29. The normalized spacial score (nSPS) is 9.83. The molecule has 90 valence electrons. The summed E-state index contributed by atoms with van der Waals surface area (Å²) < 4.78 is 13.6. The molecule has 0 aliphatic heterocycles. The van der Waals surface area contributed by atoms with Crippen LogP contribution < -0.4 is 5.32 Å². The third-order valence-corrected chi connectivity index (χ3v) is 2.69. The van der Waals surface area contributed by atoms with Crippen LogP contribution in [-0.2, 0) is 6.42 Å². The predicted molar refractivity (Wildman–Crippen MR) is 70.5 cm³/mol. The fourth-order valence-corrected chi connectivity index (χ4v) is 1.68. The van der Waals surface area contributed by atoms with Gasteiger partial charge < -0.3 is 5.32 Å². The van der Waals surface area contributed by atoms with Crippen molar-refractivity contribution in [2.24, 2.45) is 0 Å². The third kappa shape index (κ3) is 2.99. The summed E-state index contributed by atoms with van der Waals surface area (Å²) in [5.41, 5.74) is 1.87. The summed E-state index contributed by atoms with van der Waals surface area (Å²) in [6.45, 7) is 0. The molecular formula is C14H10ClFN2. The van der Waals surface area contributed by atoms with Gasteiger partial charge in [-0.25, -0.2) is 4.39 Å². The van der Waals surface area contributed by atoms with Gasteiger partial charge in [-0.05, 0) is 42.0 Å². The zero-order valence-corrected chi connectivity index (χ0v) is 10.2. The Labute approximate surface area is 110 Å². The van der Waals surface area contributed by atoms with Gasteiger partial charge in [-0.3, -0.25) is 0 Å². The monoisotopic (exact) mass is 260 g/mol. The SMILES string of the molecule is N#CCc1ccc(F)c(Nc2ccc(Cl)cc2)c1. The summed E-state index contributed by atoms with van der Waals surface area (Å²) in [4.78, 5) is 0. The molecule has 0 spiro atoms. The van der Waals surface area contributed by atoms with Gasteiger partial charge in [-0.1, -0.05) is 17.7 Å². The zero-order chi connectivity index (χ0) is 13.0. The van der Waals surface area contributed by atoms with Gasteiger partial charge in [0.05, 0.1) is 18.2 Å². The molecule has 18 heavy (non-hydrogen) atoms. The van der Waals surface area contributed by atoms with Crippen LogP contribution in [0.15, 0.2) is 42.5 Å². The van der Waals surface area contributed by atoms with Gasteiger partial charge in [-0.15, -0.1) is 0 Å². The molecule has 4 heteroatoms. The molecule has 2 rings (SSSR count). The molecule has 0 bridgehead atoms. The van der Waals surface area contributed by atoms with Crippen molar-refractivity contribution >= 4 is 23.0 Å². The van der Waals surface area contributed by atoms with Crippen molar-refractivity contribution < 1.29 is 4.39 Å². The largest absolute Gasteiger partial charge is 0.353 e. The van der Waals surface area contributed by atoms with Crippen molar-refractivity contribution in [3.8, 4) is 6.07 Å². The Balaban J connectivity index is 2.25. The molecule has 0 radical (unpaired) electrons. The lowest BCUT2D eigenvalue weighted by molar-refractivity contribution is 0.631. The van der Waals surface area contributed by atoms with E-state index in [9.17, 15) is 4.39 Å². The first kappa shape index (κ1) is 12.4. The van der Waals surface area contributed by atoms with Gasteiger partial charge in [0, 0.05) is 10.7 Å². The van der Waals surface area contributed by atoms with E-state index < -0.39 is 0 Å². The number of nitrogens with one attached hydrogen (secondary N) is 1. The van der Waals surface area contributed by atoms with Crippen LogP contribution in [0.4, 0.5) is 15.8 Å². The Bertz CT molecular complexity index is 588. The number of rotatable bonds is 3. The van der Waals surface area contributed by atoms with Gasteiger partial charge in [0.25, 0.3) is 0 Å². The summed E-state index contributed by atoms with van der Waals surface area (Å²) in [6.07, 6.45) is 0.260. The minimum absolute atomic E-state index is 0.260. The van der Waals surface area contributed by atoms with Crippen LogP contribution >= 0.6 is 11.6 Å². The van der Waals surface area contributed by atoms with Crippen LogP contribution in [-0.4, -0.2) is 0 Å². The summed E-state index contributed by atoms with van der Waals surface area (Å²) in [7, 11) is 0. The topological polar surface area (TPSA) is 35.8 Å². The lowest BCUT2D eigenvalue weighted by Crippen LogP contribution is -1.95. The highest BCUT2D eigenvalue weighted by Crippen LogP contribution is 2.22. The zero-order valence-electron chi connectivity index (χ0n) is 9.45. The molecule has 2 aromatic carbocycles. The second-order valence-electron chi connectivity index (χ2n) is 3.78. The van der Waals surface area contributed by atoms with Gasteiger partial charge in [0.15, 0.2) is 0 Å². The number of anilines is 2. The van der Waals surface area contributed by atoms with Gasteiger partial charge >= 0.3 is 0 Å². The first-order valence-corrected chi connectivity index (χ1v) is 5.75. The van der Waals surface area contributed by atoms with Crippen molar-refractivity contribution in [1.29, 1.82) is 5.26 Å². The van der Waals surface area contributed by atoms with Crippen molar-refractivity contribution in [2.75, 3.05) is 5.32 Å². The molecule has 2 nitrogen and oxygen atoms in total. The van der Waals surface area contributed by atoms with E-state index in [0.29, 0.717) is 10.7 Å². The lowest BCUT2D eigenvalue weighted by Gasteiger charge is -2.08. The van der Waals surface area contributed by atoms with Crippen LogP contribution in [0.25, 0.3) is 0 Å². The maximum Gasteiger partial charge on any atom is 0.146 e. The number of nitriles is 1. The van der Waals surface area contributed by atoms with Crippen molar-refractivity contribution in [3.63, 3.8) is 0 Å². The quantitative estimate of drug-likeness (QED) is 0.894. The highest BCUT2D eigenvalue weighted by Gasteiger charge is 2.04. The molecule has 1 N–H and O–H groups in total. The lowest BCUT2D eigenvalue weighted by atomic mass is 10.1. The second-order valence-corrected chi connectivity index (χ2v) is 4.22. The molecule has 0 aromatic heterocycles. The number of hydrogen-bond donors (Lipinski definition) is 1. The summed E-state index contributed by atoms with van der Waals surface area (Å²) in [6, 6.07) is 13.6. The summed E-state index contributed by atoms with van der Waals surface area (Å²) in [5.74, 6) is -0.355. The fourth-order valence-electron chi connectivity index (χ4n) is 1.56. The summed E-state index contributed by atoms with van der Waals surface area (Å²) in [5, 5.41) is 12.2. The average Bonchev–Trinajstić information content (AvgIpc) is 2.36. The second kappa shape index (κ2) is 5.52. The van der Waals surface area contributed by atoms with Crippen LogP contribution in [0.5, 0.6) is 0 Å². The smallest absolute Gasteiger partial charge is 0.146 e. The van der Waals surface area contributed by atoms with Crippen LogP contribution in [0.2, 0.25) is 5.02 Å². The Morgan fingerprint density at radius 3 is 2.56 bits per heavy atom. The average molecular weight is 261 g/mol. The van der Waals surface area contributed by atoms with Gasteiger partial charge in [0.1, 0.15) is 5.82 Å². The molecule has 0 fully saturated rings. The number of hydrogen-bond acceptors (Lipinski definition) is 2. The molecule has 2 aromatic rings. The van der Waals surface area contributed by atoms with E-state index in [4.69, 9.17) is 16.9 Å². The van der Waals surface area contributed by atoms with E-state index in [2.05, 4.69) is 5.32 Å². The molecule has 0 aliphatic rings. The number of nitrogens with zero attached hydrogens (tertiary/aromatic N) is 1. The van der Waals surface area contributed by atoms with Crippen molar-refractivity contribution in [2.45, 2.75) is 6.42 Å². The number of benzene rings is 2. The minimum atomic E-state index is -0.355. The van der Waals surface area contributed by atoms with E-state index >= 15 is 0 Å². The third-order valence-electron chi connectivity index (χ3n) is 2.44. The van der Waals surface area contributed by atoms with E-state index in [1.807, 2.05) is 6.07 Å². The first-order valence-electron chi connectivity index (χ1n) is 5.37. The molecular weight excluding hydrogens is 251 g/mol. The standard InChI is InChI=1S/C14H10ClFN2/c15-11-2-4-12(5-3-11)18-14-9-10(7-8-17)1-6-13(14)16/h1-6,9,18H,7H2. The molecule has 0 atom stereocenters. The van der Waals surface area contributed by atoms with Crippen LogP contribution in [0.3, 0.4) is 0 Å². The molecule has 0 saturated heterocycles. The maximum atomic E-state index is 13.6. The Kier molecular flexibility index (Phi) is 3.81. The Hall–Kier alpha value is -2.05. The first-order chi connectivity index (χ1) is 8.69. The summed E-state index contributed by atoms with van der Waals surface area (Å²) >= 11 is 5.77. The molecule has 0 aliphatic carbocycles. The van der Waals surface area contributed by atoms with Crippen molar-refractivity contribution in [1.82, 2.24) is 0 Å². The Morgan fingerprint density at radius 1 is 1.17 bits per heavy atom.